The SMILES string of the molecule is CCCC(S(=O)(=O)C(F)(F)F)S(=O)(=O)C(F)(F)F.c1ccc([S+](c2ccccc2)c2ccccc2)cc1. The van der Waals surface area contributed by atoms with Crippen molar-refractivity contribution in [2.45, 2.75) is 50.1 Å². The summed E-state index contributed by atoms with van der Waals surface area (Å²) in [6.07, 6.45) is -1.76. The molecule has 0 amide bonds. The van der Waals surface area contributed by atoms with E-state index in [-0.39, 0.29) is 10.9 Å². The predicted molar refractivity (Wildman–Crippen MR) is 130 cm³/mol. The molecule has 3 rings (SSSR count). The van der Waals surface area contributed by atoms with Crippen molar-refractivity contribution in [2.24, 2.45) is 0 Å². The first-order chi connectivity index (χ1) is 17.1. The molecule has 0 saturated carbocycles. The molecule has 4 nitrogen and oxygen atoms in total. The zero-order valence-corrected chi connectivity index (χ0v) is 21.7. The van der Waals surface area contributed by atoms with E-state index < -0.39 is 48.1 Å². The third kappa shape index (κ3) is 7.51. The largest absolute Gasteiger partial charge is 0.498 e. The van der Waals surface area contributed by atoms with Gasteiger partial charge in [-0.15, -0.1) is 0 Å². The van der Waals surface area contributed by atoms with Gasteiger partial charge in [0, 0.05) is 0 Å². The van der Waals surface area contributed by atoms with E-state index in [0.29, 0.717) is 0 Å². The van der Waals surface area contributed by atoms with E-state index in [1.54, 1.807) is 0 Å². The standard InChI is InChI=1S/C18H15S.C6H8F6O4S2/c1-4-10-16(11-5-1)19(17-12-6-2-7-13-17)18-14-8-3-9-15-18;1-2-3-4(17(13,14)5(7,8)9)18(15,16)6(10,11)12/h1-15H;4H,2-3H2,1H3/q+1;. The van der Waals surface area contributed by atoms with Gasteiger partial charge in [0.05, 0.1) is 10.9 Å². The summed E-state index contributed by atoms with van der Waals surface area (Å²) in [5.41, 5.74) is -12.1. The summed E-state index contributed by atoms with van der Waals surface area (Å²) in [5, 5.41) is 0. The number of rotatable bonds is 7. The summed E-state index contributed by atoms with van der Waals surface area (Å²) < 4.78 is 112. The van der Waals surface area contributed by atoms with Gasteiger partial charge in [0.25, 0.3) is 19.7 Å². The Bertz CT molecular complexity index is 1190. The Kier molecular flexibility index (Phi) is 10.3. The van der Waals surface area contributed by atoms with Gasteiger partial charge in [-0.3, -0.25) is 0 Å². The van der Waals surface area contributed by atoms with Crippen molar-refractivity contribution in [3.63, 3.8) is 0 Å². The number of hydrogen-bond donors (Lipinski definition) is 0. The monoisotopic (exact) mass is 585 g/mol. The van der Waals surface area contributed by atoms with Gasteiger partial charge in [-0.25, -0.2) is 16.8 Å². The summed E-state index contributed by atoms with van der Waals surface area (Å²) in [6, 6.07) is 32.2. The van der Waals surface area contributed by atoms with Crippen LogP contribution in [0.5, 0.6) is 0 Å². The minimum atomic E-state index is -6.45. The van der Waals surface area contributed by atoms with Gasteiger partial charge in [-0.1, -0.05) is 67.9 Å². The van der Waals surface area contributed by atoms with E-state index in [0.717, 1.165) is 6.92 Å². The summed E-state index contributed by atoms with van der Waals surface area (Å²) in [4.78, 5) is 4.08. The van der Waals surface area contributed by atoms with Crippen LogP contribution in [0.4, 0.5) is 26.3 Å². The summed E-state index contributed by atoms with van der Waals surface area (Å²) >= 11 is 0. The van der Waals surface area contributed by atoms with Crippen LogP contribution < -0.4 is 0 Å². The fourth-order valence-electron chi connectivity index (χ4n) is 3.09. The molecule has 0 aliphatic heterocycles. The lowest BCUT2D eigenvalue weighted by Crippen LogP contribution is -2.44. The Balaban J connectivity index is 0.000000261. The molecular weight excluding hydrogens is 562 g/mol. The lowest BCUT2D eigenvalue weighted by molar-refractivity contribution is -0.0472. The molecule has 202 valence electrons. The summed E-state index contributed by atoms with van der Waals surface area (Å²) in [7, 11) is -12.9. The molecule has 0 aliphatic rings. The van der Waals surface area contributed by atoms with Crippen LogP contribution in [-0.2, 0) is 30.6 Å². The molecule has 0 radical (unpaired) electrons. The van der Waals surface area contributed by atoms with E-state index >= 15 is 0 Å². The molecule has 0 atom stereocenters. The van der Waals surface area contributed by atoms with Gasteiger partial charge >= 0.3 is 11.0 Å². The van der Waals surface area contributed by atoms with Crippen molar-refractivity contribution in [1.29, 1.82) is 0 Å². The molecule has 0 heterocycles. The van der Waals surface area contributed by atoms with E-state index in [1.165, 1.54) is 14.7 Å². The predicted octanol–water partition coefficient (Wildman–Crippen LogP) is 6.76. The van der Waals surface area contributed by atoms with Crippen molar-refractivity contribution in [3.8, 4) is 0 Å². The van der Waals surface area contributed by atoms with Crippen LogP contribution in [0.2, 0.25) is 0 Å². The molecule has 3 aromatic carbocycles. The van der Waals surface area contributed by atoms with E-state index in [2.05, 4.69) is 91.0 Å². The highest BCUT2D eigenvalue weighted by atomic mass is 32.3. The Morgan fingerprint density at radius 1 is 0.595 bits per heavy atom. The maximum Gasteiger partial charge on any atom is 0.498 e. The molecule has 0 N–H and O–H groups in total. The second kappa shape index (κ2) is 12.4. The zero-order valence-electron chi connectivity index (χ0n) is 19.3. The molecule has 0 aromatic heterocycles. The number of hydrogen-bond acceptors (Lipinski definition) is 4. The first kappa shape index (κ1) is 30.7. The van der Waals surface area contributed by atoms with Gasteiger partial charge in [0.1, 0.15) is 0 Å². The average Bonchev–Trinajstić information content (AvgIpc) is 2.83. The fraction of sp³-hybridized carbons (Fsp3) is 0.250. The van der Waals surface area contributed by atoms with Crippen LogP contribution in [0.3, 0.4) is 0 Å². The highest BCUT2D eigenvalue weighted by Crippen LogP contribution is 2.38. The molecule has 0 unspecified atom stereocenters. The molecule has 3 aromatic rings. The van der Waals surface area contributed by atoms with Crippen LogP contribution in [-0.4, -0.2) is 32.4 Å². The van der Waals surface area contributed by atoms with Crippen molar-refractivity contribution < 1.29 is 43.2 Å². The molecule has 0 spiro atoms. The molecule has 0 saturated heterocycles. The molecular formula is C24H23F6O4S3+. The Morgan fingerprint density at radius 2 is 0.865 bits per heavy atom. The highest BCUT2D eigenvalue weighted by Gasteiger charge is 2.62. The minimum Gasteiger partial charge on any atom is -0.218 e. The quantitative estimate of drug-likeness (QED) is 0.227. The van der Waals surface area contributed by atoms with Crippen LogP contribution in [0.1, 0.15) is 19.8 Å². The molecule has 0 bridgehead atoms. The average molecular weight is 586 g/mol. The van der Waals surface area contributed by atoms with Gasteiger partial charge in [0.15, 0.2) is 19.3 Å². The lowest BCUT2D eigenvalue weighted by atomic mass is 10.4. The van der Waals surface area contributed by atoms with E-state index in [1.807, 2.05) is 0 Å². The highest BCUT2D eigenvalue weighted by molar-refractivity contribution is 8.09. The maximum atomic E-state index is 12.1. The Hall–Kier alpha value is -2.51. The smallest absolute Gasteiger partial charge is 0.218 e. The summed E-state index contributed by atoms with van der Waals surface area (Å²) in [6.45, 7) is 1.06. The Morgan fingerprint density at radius 3 is 1.08 bits per heavy atom. The van der Waals surface area contributed by atoms with Crippen molar-refractivity contribution in [1.82, 2.24) is 0 Å². The molecule has 37 heavy (non-hydrogen) atoms. The third-order valence-corrected chi connectivity index (χ3v) is 11.7. The topological polar surface area (TPSA) is 68.3 Å². The first-order valence-electron chi connectivity index (χ1n) is 10.6. The van der Waals surface area contributed by atoms with Crippen molar-refractivity contribution >= 4 is 30.6 Å². The second-order valence-electron chi connectivity index (χ2n) is 7.45. The molecule has 0 aliphatic carbocycles. The zero-order chi connectivity index (χ0) is 27.9. The van der Waals surface area contributed by atoms with Crippen LogP contribution in [0, 0.1) is 0 Å². The number of sulfone groups is 2. The van der Waals surface area contributed by atoms with E-state index in [4.69, 9.17) is 0 Å². The third-order valence-electron chi connectivity index (χ3n) is 4.80. The van der Waals surface area contributed by atoms with Crippen LogP contribution in [0.15, 0.2) is 106 Å². The summed E-state index contributed by atoms with van der Waals surface area (Å²) in [5.74, 6) is 0. The number of alkyl halides is 6. The van der Waals surface area contributed by atoms with Crippen molar-refractivity contribution in [2.75, 3.05) is 0 Å². The van der Waals surface area contributed by atoms with Crippen molar-refractivity contribution in [3.05, 3.63) is 91.0 Å². The van der Waals surface area contributed by atoms with Gasteiger partial charge < -0.3 is 0 Å². The maximum absolute atomic E-state index is 12.1. The Labute approximate surface area is 214 Å². The lowest BCUT2D eigenvalue weighted by Gasteiger charge is -2.20. The van der Waals surface area contributed by atoms with Gasteiger partial charge in [0.2, 0.25) is 0 Å². The van der Waals surface area contributed by atoms with Gasteiger partial charge in [-0.05, 0) is 42.8 Å². The number of benzene rings is 3. The normalized spacial score (nSPS) is 12.8. The second-order valence-corrected chi connectivity index (χ2v) is 14.0. The minimum absolute atomic E-state index is 0.0146. The van der Waals surface area contributed by atoms with Crippen LogP contribution >= 0.6 is 0 Å². The fourth-order valence-corrected chi connectivity index (χ4v) is 8.87. The van der Waals surface area contributed by atoms with Gasteiger partial charge in [-0.2, -0.15) is 26.3 Å². The van der Waals surface area contributed by atoms with Crippen LogP contribution in [0.25, 0.3) is 0 Å². The first-order valence-corrected chi connectivity index (χ1v) is 15.0. The molecule has 13 heteroatoms. The molecule has 0 fully saturated rings. The number of halogens is 6. The van der Waals surface area contributed by atoms with E-state index in [9.17, 15) is 43.2 Å².